The Morgan fingerprint density at radius 3 is 2.24 bits per heavy atom. The number of carbonyl (C=O) groups excluding carboxylic acids is 2. The Morgan fingerprint density at radius 1 is 0.931 bits per heavy atom. The molecule has 29 heavy (non-hydrogen) atoms. The molecule has 2 rings (SSSR count). The molecule has 7 nitrogen and oxygen atoms in total. The van der Waals surface area contributed by atoms with Gasteiger partial charge in [-0.05, 0) is 37.5 Å². The van der Waals surface area contributed by atoms with Crippen molar-refractivity contribution >= 4 is 11.9 Å². The van der Waals surface area contributed by atoms with Crippen LogP contribution in [-0.4, -0.2) is 45.9 Å². The van der Waals surface area contributed by atoms with Crippen LogP contribution in [0.15, 0.2) is 42.5 Å². The molecular formula is C22H27NO6. The number of rotatable bonds is 10. The van der Waals surface area contributed by atoms with E-state index < -0.39 is 5.97 Å². The lowest BCUT2D eigenvalue weighted by Gasteiger charge is -2.16. The second kappa shape index (κ2) is 10.9. The highest BCUT2D eigenvalue weighted by Crippen LogP contribution is 2.39. The van der Waals surface area contributed by atoms with E-state index in [1.54, 1.807) is 6.07 Å². The Kier molecular flexibility index (Phi) is 8.33. The molecule has 1 amide bonds. The molecule has 0 bridgehead atoms. The lowest BCUT2D eigenvalue weighted by molar-refractivity contribution is -0.124. The third kappa shape index (κ3) is 6.14. The van der Waals surface area contributed by atoms with Crippen LogP contribution in [0.5, 0.6) is 17.2 Å². The minimum absolute atomic E-state index is 0.0444. The van der Waals surface area contributed by atoms with Crippen molar-refractivity contribution < 1.29 is 28.5 Å². The van der Waals surface area contributed by atoms with E-state index in [-0.39, 0.29) is 35.6 Å². The summed E-state index contributed by atoms with van der Waals surface area (Å²) in [6.45, 7) is 1.53. The molecule has 0 aliphatic heterocycles. The summed E-state index contributed by atoms with van der Waals surface area (Å²) < 4.78 is 20.9. The average Bonchev–Trinajstić information content (AvgIpc) is 2.75. The van der Waals surface area contributed by atoms with Gasteiger partial charge in [-0.3, -0.25) is 4.79 Å². The summed E-state index contributed by atoms with van der Waals surface area (Å²) in [5.74, 6) is -0.156. The van der Waals surface area contributed by atoms with Crippen LogP contribution in [0, 0.1) is 0 Å². The zero-order chi connectivity index (χ0) is 21.2. The summed E-state index contributed by atoms with van der Waals surface area (Å²) in [5, 5.41) is 2.83. The van der Waals surface area contributed by atoms with Crippen molar-refractivity contribution in [3.63, 3.8) is 0 Å². The molecule has 0 aliphatic rings. The van der Waals surface area contributed by atoms with Crippen LogP contribution >= 0.6 is 0 Å². The molecule has 0 spiro atoms. The van der Waals surface area contributed by atoms with Crippen molar-refractivity contribution in [2.45, 2.75) is 25.8 Å². The van der Waals surface area contributed by atoms with Crippen LogP contribution in [0.1, 0.15) is 29.3 Å². The van der Waals surface area contributed by atoms with Gasteiger partial charge < -0.3 is 24.3 Å². The molecule has 156 valence electrons. The van der Waals surface area contributed by atoms with Crippen LogP contribution in [-0.2, 0) is 16.0 Å². The van der Waals surface area contributed by atoms with Crippen LogP contribution in [0.25, 0.3) is 0 Å². The Morgan fingerprint density at radius 2 is 1.62 bits per heavy atom. The van der Waals surface area contributed by atoms with Gasteiger partial charge in [0.05, 0.1) is 21.3 Å². The van der Waals surface area contributed by atoms with E-state index in [4.69, 9.17) is 18.9 Å². The van der Waals surface area contributed by atoms with Crippen LogP contribution in [0.4, 0.5) is 0 Å². The third-order valence-corrected chi connectivity index (χ3v) is 4.37. The summed E-state index contributed by atoms with van der Waals surface area (Å²) in [7, 11) is 4.34. The van der Waals surface area contributed by atoms with Crippen molar-refractivity contribution in [3.05, 3.63) is 53.6 Å². The first-order chi connectivity index (χ1) is 14.0. The molecular weight excluding hydrogens is 374 g/mol. The van der Waals surface area contributed by atoms with E-state index in [0.29, 0.717) is 5.75 Å². The van der Waals surface area contributed by atoms with Gasteiger partial charge in [-0.2, -0.15) is 0 Å². The van der Waals surface area contributed by atoms with Crippen molar-refractivity contribution in [1.29, 1.82) is 0 Å². The number of ether oxygens (including phenoxy) is 4. The highest BCUT2D eigenvalue weighted by atomic mass is 16.5. The minimum atomic E-state index is -0.685. The molecule has 0 unspecified atom stereocenters. The van der Waals surface area contributed by atoms with Crippen molar-refractivity contribution in [2.75, 3.05) is 27.9 Å². The number of benzene rings is 2. The molecule has 2 aromatic rings. The normalized spacial score (nSPS) is 11.3. The molecule has 0 aliphatic carbocycles. The fourth-order valence-electron chi connectivity index (χ4n) is 2.89. The van der Waals surface area contributed by atoms with Gasteiger partial charge in [0.15, 0.2) is 18.1 Å². The largest absolute Gasteiger partial charge is 0.493 e. The van der Waals surface area contributed by atoms with Crippen molar-refractivity contribution in [3.8, 4) is 17.2 Å². The number of hydrogen-bond acceptors (Lipinski definition) is 6. The maximum Gasteiger partial charge on any atom is 0.342 e. The van der Waals surface area contributed by atoms with Gasteiger partial charge in [0.1, 0.15) is 5.56 Å². The molecule has 0 fully saturated rings. The minimum Gasteiger partial charge on any atom is -0.493 e. The van der Waals surface area contributed by atoms with Gasteiger partial charge in [-0.25, -0.2) is 4.79 Å². The fourth-order valence-corrected chi connectivity index (χ4v) is 2.89. The monoisotopic (exact) mass is 401 g/mol. The molecule has 0 aromatic heterocycles. The second-order valence-corrected chi connectivity index (χ2v) is 6.45. The predicted molar refractivity (Wildman–Crippen MR) is 109 cm³/mol. The lowest BCUT2D eigenvalue weighted by Crippen LogP contribution is -2.36. The quantitative estimate of drug-likeness (QED) is 0.616. The van der Waals surface area contributed by atoms with Gasteiger partial charge >= 0.3 is 5.97 Å². The van der Waals surface area contributed by atoms with Gasteiger partial charge in [0, 0.05) is 6.04 Å². The SMILES string of the molecule is COc1ccc(C(=O)OCC(=O)N[C@@H](C)CCc2ccccc2)c(OC)c1OC. The summed E-state index contributed by atoms with van der Waals surface area (Å²) in [5.41, 5.74) is 1.36. The fraction of sp³-hybridized carbons (Fsp3) is 0.364. The van der Waals surface area contributed by atoms with Crippen LogP contribution in [0.2, 0.25) is 0 Å². The number of hydrogen-bond donors (Lipinski definition) is 1. The molecule has 1 atom stereocenters. The molecule has 2 aromatic carbocycles. The Bertz CT molecular complexity index is 822. The predicted octanol–water partition coefficient (Wildman–Crippen LogP) is 3.01. The Hall–Kier alpha value is -3.22. The van der Waals surface area contributed by atoms with Crippen LogP contribution < -0.4 is 19.5 Å². The first-order valence-electron chi connectivity index (χ1n) is 9.29. The smallest absolute Gasteiger partial charge is 0.342 e. The molecule has 7 heteroatoms. The number of nitrogens with one attached hydrogen (secondary N) is 1. The van der Waals surface area contributed by atoms with Crippen molar-refractivity contribution in [2.24, 2.45) is 0 Å². The number of esters is 1. The zero-order valence-corrected chi connectivity index (χ0v) is 17.2. The van der Waals surface area contributed by atoms with Crippen molar-refractivity contribution in [1.82, 2.24) is 5.32 Å². The van der Waals surface area contributed by atoms with E-state index in [2.05, 4.69) is 5.32 Å². The molecule has 0 heterocycles. The maximum atomic E-state index is 12.4. The van der Waals surface area contributed by atoms with Crippen LogP contribution in [0.3, 0.4) is 0 Å². The lowest BCUT2D eigenvalue weighted by atomic mass is 10.1. The Balaban J connectivity index is 1.89. The van der Waals surface area contributed by atoms with Gasteiger partial charge in [0.25, 0.3) is 5.91 Å². The van der Waals surface area contributed by atoms with E-state index >= 15 is 0 Å². The molecule has 1 N–H and O–H groups in total. The van der Waals surface area contributed by atoms with E-state index in [9.17, 15) is 9.59 Å². The topological polar surface area (TPSA) is 83.1 Å². The zero-order valence-electron chi connectivity index (χ0n) is 17.2. The summed E-state index contributed by atoms with van der Waals surface area (Å²) >= 11 is 0. The first kappa shape index (κ1) is 22.1. The third-order valence-electron chi connectivity index (χ3n) is 4.37. The maximum absolute atomic E-state index is 12.4. The van der Waals surface area contributed by atoms with E-state index in [1.165, 1.54) is 33.0 Å². The number of methoxy groups -OCH3 is 3. The van der Waals surface area contributed by atoms with Gasteiger partial charge in [0.2, 0.25) is 5.75 Å². The van der Waals surface area contributed by atoms with Gasteiger partial charge in [-0.1, -0.05) is 30.3 Å². The molecule has 0 saturated carbocycles. The number of aryl methyl sites for hydroxylation is 1. The number of carbonyl (C=O) groups is 2. The summed E-state index contributed by atoms with van der Waals surface area (Å²) in [4.78, 5) is 24.5. The number of amides is 1. The van der Waals surface area contributed by atoms with E-state index in [0.717, 1.165) is 12.8 Å². The summed E-state index contributed by atoms with van der Waals surface area (Å²) in [6, 6.07) is 13.1. The molecule has 0 radical (unpaired) electrons. The van der Waals surface area contributed by atoms with Gasteiger partial charge in [-0.15, -0.1) is 0 Å². The first-order valence-corrected chi connectivity index (χ1v) is 9.29. The highest BCUT2D eigenvalue weighted by Gasteiger charge is 2.22. The molecule has 0 saturated heterocycles. The average molecular weight is 401 g/mol. The van der Waals surface area contributed by atoms with E-state index in [1.807, 2.05) is 37.3 Å². The highest BCUT2D eigenvalue weighted by molar-refractivity contribution is 5.95. The summed E-state index contributed by atoms with van der Waals surface area (Å²) in [6.07, 6.45) is 1.64. The standard InChI is InChI=1S/C22H27NO6/c1-15(10-11-16-8-6-5-7-9-16)23-19(24)14-29-22(25)17-12-13-18(26-2)21(28-4)20(17)27-3/h5-9,12-13,15H,10-11,14H2,1-4H3,(H,23,24)/t15-/m0/s1. The second-order valence-electron chi connectivity index (χ2n) is 6.45. The Labute approximate surface area is 170 Å².